The monoisotopic (exact) mass is 320 g/mol. The van der Waals surface area contributed by atoms with Crippen molar-refractivity contribution >= 4 is 40.9 Å². The second-order valence-electron chi connectivity index (χ2n) is 3.97. The summed E-state index contributed by atoms with van der Waals surface area (Å²) in [6.45, 7) is 1.70. The molecule has 0 fully saturated rings. The summed E-state index contributed by atoms with van der Waals surface area (Å²) in [4.78, 5) is 33.7. The van der Waals surface area contributed by atoms with Crippen LogP contribution >= 0.6 is 22.9 Å². The van der Waals surface area contributed by atoms with Crippen LogP contribution in [0.1, 0.15) is 24.3 Å². The number of thiophene rings is 1. The van der Waals surface area contributed by atoms with Gasteiger partial charge in [-0.15, -0.1) is 11.3 Å². The van der Waals surface area contributed by atoms with Crippen molar-refractivity contribution < 1.29 is 24.6 Å². The van der Waals surface area contributed by atoms with E-state index in [1.54, 1.807) is 19.1 Å². The van der Waals surface area contributed by atoms with Gasteiger partial charge in [0.2, 0.25) is 0 Å². The van der Waals surface area contributed by atoms with Gasteiger partial charge in [-0.1, -0.05) is 11.6 Å². The van der Waals surface area contributed by atoms with E-state index in [1.807, 2.05) is 0 Å². The Balaban J connectivity index is 2.57. The SMILES string of the molecule is CC(NC(=O)N[C@@H](CC(=O)O)C(=O)O)c1ccc(Cl)s1. The van der Waals surface area contributed by atoms with Crippen LogP contribution in [0.3, 0.4) is 0 Å². The molecule has 1 rings (SSSR count). The Labute approximate surface area is 123 Å². The van der Waals surface area contributed by atoms with Gasteiger partial charge in [-0.05, 0) is 19.1 Å². The predicted octanol–water partition coefficient (Wildman–Crippen LogP) is 1.69. The molecule has 1 aromatic rings. The molecule has 1 unspecified atom stereocenters. The highest BCUT2D eigenvalue weighted by Gasteiger charge is 2.23. The second kappa shape index (κ2) is 7.11. The lowest BCUT2D eigenvalue weighted by Crippen LogP contribution is -2.47. The molecular weight excluding hydrogens is 308 g/mol. The van der Waals surface area contributed by atoms with E-state index in [9.17, 15) is 14.4 Å². The number of halogens is 1. The van der Waals surface area contributed by atoms with Crippen LogP contribution in [0, 0.1) is 0 Å². The first-order valence-electron chi connectivity index (χ1n) is 5.56. The lowest BCUT2D eigenvalue weighted by molar-refractivity contribution is -0.145. The molecule has 0 aliphatic rings. The van der Waals surface area contributed by atoms with Gasteiger partial charge in [0.1, 0.15) is 6.04 Å². The number of urea groups is 1. The topological polar surface area (TPSA) is 116 Å². The van der Waals surface area contributed by atoms with Crippen LogP contribution in [0.15, 0.2) is 12.1 Å². The van der Waals surface area contributed by atoms with Gasteiger partial charge < -0.3 is 20.8 Å². The lowest BCUT2D eigenvalue weighted by atomic mass is 10.2. The Bertz CT molecular complexity index is 519. The van der Waals surface area contributed by atoms with Gasteiger partial charge in [-0.3, -0.25) is 4.79 Å². The Morgan fingerprint density at radius 2 is 1.95 bits per heavy atom. The van der Waals surface area contributed by atoms with Crippen molar-refractivity contribution in [3.63, 3.8) is 0 Å². The largest absolute Gasteiger partial charge is 0.481 e. The van der Waals surface area contributed by atoms with Crippen molar-refractivity contribution in [2.75, 3.05) is 0 Å². The molecular formula is C11H13ClN2O5S. The fourth-order valence-electron chi connectivity index (χ4n) is 1.40. The summed E-state index contributed by atoms with van der Waals surface area (Å²) < 4.78 is 0.573. The number of rotatable bonds is 6. The zero-order valence-electron chi connectivity index (χ0n) is 10.4. The fourth-order valence-corrected chi connectivity index (χ4v) is 2.47. The van der Waals surface area contributed by atoms with E-state index in [1.165, 1.54) is 11.3 Å². The first kappa shape index (κ1) is 16.3. The molecule has 7 nitrogen and oxygen atoms in total. The summed E-state index contributed by atoms with van der Waals surface area (Å²) in [5.41, 5.74) is 0. The molecule has 0 aromatic carbocycles. The van der Waals surface area contributed by atoms with Crippen molar-refractivity contribution in [2.24, 2.45) is 0 Å². The quantitative estimate of drug-likeness (QED) is 0.636. The van der Waals surface area contributed by atoms with Gasteiger partial charge in [-0.25, -0.2) is 9.59 Å². The second-order valence-corrected chi connectivity index (χ2v) is 5.72. The summed E-state index contributed by atoms with van der Waals surface area (Å²) in [6.07, 6.45) is -0.692. The Morgan fingerprint density at radius 3 is 2.40 bits per heavy atom. The maximum absolute atomic E-state index is 11.6. The van der Waals surface area contributed by atoms with Crippen LogP contribution in [0.25, 0.3) is 0 Å². The minimum atomic E-state index is -1.48. The Morgan fingerprint density at radius 1 is 1.30 bits per heavy atom. The van der Waals surface area contributed by atoms with E-state index in [0.29, 0.717) is 4.34 Å². The molecule has 20 heavy (non-hydrogen) atoms. The summed E-state index contributed by atoms with van der Waals surface area (Å²) in [7, 11) is 0. The molecule has 2 amide bonds. The Kier molecular flexibility index (Phi) is 5.78. The van der Waals surface area contributed by atoms with Crippen molar-refractivity contribution in [1.82, 2.24) is 10.6 Å². The molecule has 0 saturated heterocycles. The molecule has 9 heteroatoms. The maximum atomic E-state index is 11.6. The molecule has 0 spiro atoms. The number of carboxylic acid groups (broad SMARTS) is 2. The molecule has 0 bridgehead atoms. The lowest BCUT2D eigenvalue weighted by Gasteiger charge is -2.16. The van der Waals surface area contributed by atoms with Crippen LogP contribution in [0.5, 0.6) is 0 Å². The molecule has 0 radical (unpaired) electrons. The molecule has 4 N–H and O–H groups in total. The average Bonchev–Trinajstić information content (AvgIpc) is 2.74. The summed E-state index contributed by atoms with van der Waals surface area (Å²) in [5, 5.41) is 22.0. The molecule has 0 aliphatic carbocycles. The summed E-state index contributed by atoms with van der Waals surface area (Å²) in [6, 6.07) is 0.820. The van der Waals surface area contributed by atoms with E-state index in [2.05, 4.69) is 10.6 Å². The van der Waals surface area contributed by atoms with Crippen molar-refractivity contribution in [3.05, 3.63) is 21.3 Å². The molecule has 0 saturated carbocycles. The van der Waals surface area contributed by atoms with Crippen LogP contribution in [0.4, 0.5) is 4.79 Å². The van der Waals surface area contributed by atoms with Crippen molar-refractivity contribution in [2.45, 2.75) is 25.4 Å². The zero-order chi connectivity index (χ0) is 15.3. The van der Waals surface area contributed by atoms with E-state index < -0.39 is 30.4 Å². The van der Waals surface area contributed by atoms with Crippen molar-refractivity contribution in [1.29, 1.82) is 0 Å². The predicted molar refractivity (Wildman–Crippen MR) is 73.1 cm³/mol. The highest BCUT2D eigenvalue weighted by atomic mass is 35.5. The van der Waals surface area contributed by atoms with Gasteiger partial charge in [0.05, 0.1) is 16.8 Å². The standard InChI is InChI=1S/C11H13ClN2O5S/c1-5(7-2-3-8(12)20-7)13-11(19)14-6(10(17)18)4-9(15)16/h2-3,5-6H,4H2,1H3,(H,15,16)(H,17,18)(H2,13,14,19)/t5?,6-/m0/s1. The highest BCUT2D eigenvalue weighted by molar-refractivity contribution is 7.16. The van der Waals surface area contributed by atoms with Crippen LogP contribution in [0.2, 0.25) is 4.34 Å². The third kappa shape index (κ3) is 5.06. The first-order valence-corrected chi connectivity index (χ1v) is 6.76. The molecule has 2 atom stereocenters. The van der Waals surface area contributed by atoms with E-state index in [-0.39, 0.29) is 6.04 Å². The van der Waals surface area contributed by atoms with Gasteiger partial charge >= 0.3 is 18.0 Å². The van der Waals surface area contributed by atoms with E-state index >= 15 is 0 Å². The van der Waals surface area contributed by atoms with Crippen LogP contribution in [-0.2, 0) is 9.59 Å². The third-order valence-corrected chi connectivity index (χ3v) is 3.76. The fraction of sp³-hybridized carbons (Fsp3) is 0.364. The minimum absolute atomic E-state index is 0.369. The number of carbonyl (C=O) groups excluding carboxylic acids is 1. The summed E-state index contributed by atoms with van der Waals surface area (Å²) >= 11 is 7.06. The van der Waals surface area contributed by atoms with E-state index in [0.717, 1.165) is 4.88 Å². The number of carboxylic acids is 2. The van der Waals surface area contributed by atoms with Crippen LogP contribution in [-0.4, -0.2) is 34.2 Å². The molecule has 110 valence electrons. The zero-order valence-corrected chi connectivity index (χ0v) is 12.0. The van der Waals surface area contributed by atoms with Gasteiger partial charge in [-0.2, -0.15) is 0 Å². The van der Waals surface area contributed by atoms with Crippen LogP contribution < -0.4 is 10.6 Å². The average molecular weight is 321 g/mol. The smallest absolute Gasteiger partial charge is 0.326 e. The number of aliphatic carboxylic acids is 2. The molecule has 1 heterocycles. The van der Waals surface area contributed by atoms with Gasteiger partial charge in [0.25, 0.3) is 0 Å². The minimum Gasteiger partial charge on any atom is -0.481 e. The number of nitrogens with one attached hydrogen (secondary N) is 2. The summed E-state index contributed by atoms with van der Waals surface area (Å²) in [5.74, 6) is -2.72. The molecule has 1 aromatic heterocycles. The number of amides is 2. The Hall–Kier alpha value is -1.80. The normalized spacial score (nSPS) is 13.3. The maximum Gasteiger partial charge on any atom is 0.326 e. The van der Waals surface area contributed by atoms with Crippen molar-refractivity contribution in [3.8, 4) is 0 Å². The number of hydrogen-bond donors (Lipinski definition) is 4. The van der Waals surface area contributed by atoms with Gasteiger partial charge in [0.15, 0.2) is 0 Å². The molecule has 0 aliphatic heterocycles. The number of carbonyl (C=O) groups is 3. The van der Waals surface area contributed by atoms with E-state index in [4.69, 9.17) is 21.8 Å². The van der Waals surface area contributed by atoms with Gasteiger partial charge in [0, 0.05) is 4.88 Å². The highest BCUT2D eigenvalue weighted by Crippen LogP contribution is 2.26. The first-order chi connectivity index (χ1) is 9.29. The third-order valence-electron chi connectivity index (χ3n) is 2.35. The number of hydrogen-bond acceptors (Lipinski definition) is 4.